The van der Waals surface area contributed by atoms with E-state index in [9.17, 15) is 9.59 Å². The summed E-state index contributed by atoms with van der Waals surface area (Å²) < 4.78 is 7.10. The summed E-state index contributed by atoms with van der Waals surface area (Å²) >= 11 is 0. The fraction of sp³-hybridized carbons (Fsp3) is 0.421. The summed E-state index contributed by atoms with van der Waals surface area (Å²) in [6.07, 6.45) is 5.14. The normalized spacial score (nSPS) is 11.0. The van der Waals surface area contributed by atoms with Crippen LogP contribution in [0.1, 0.15) is 38.3 Å². The number of imidazole rings is 1. The number of hydrogen-bond donors (Lipinski definition) is 2. The minimum absolute atomic E-state index is 0.122. The van der Waals surface area contributed by atoms with Gasteiger partial charge in [0.25, 0.3) is 0 Å². The molecule has 1 heterocycles. The van der Waals surface area contributed by atoms with Crippen molar-refractivity contribution < 1.29 is 14.3 Å². The molecule has 0 spiro atoms. The molecule has 1 aromatic heterocycles. The van der Waals surface area contributed by atoms with E-state index in [1.54, 1.807) is 33.3 Å². The van der Waals surface area contributed by atoms with Gasteiger partial charge in [-0.05, 0) is 31.9 Å². The average Bonchev–Trinajstić information content (AvgIpc) is 3.05. The fourth-order valence-electron chi connectivity index (χ4n) is 2.23. The lowest BCUT2D eigenvalue weighted by molar-refractivity contribution is -0.121. The van der Waals surface area contributed by atoms with E-state index in [1.165, 1.54) is 5.56 Å². The second-order valence-electron chi connectivity index (χ2n) is 7.01. The van der Waals surface area contributed by atoms with Crippen molar-refractivity contribution in [2.45, 2.75) is 45.9 Å². The van der Waals surface area contributed by atoms with Gasteiger partial charge in [0.2, 0.25) is 5.91 Å². The van der Waals surface area contributed by atoms with E-state index in [2.05, 4.69) is 15.6 Å². The van der Waals surface area contributed by atoms with Crippen molar-refractivity contribution in [3.8, 4) is 0 Å². The molecule has 7 nitrogen and oxygen atoms in total. The molecule has 2 rings (SSSR count). The van der Waals surface area contributed by atoms with Crippen molar-refractivity contribution in [2.24, 2.45) is 0 Å². The number of alkyl carbamates (subject to hydrolysis) is 1. The van der Waals surface area contributed by atoms with E-state index in [-0.39, 0.29) is 18.9 Å². The van der Waals surface area contributed by atoms with Gasteiger partial charge < -0.3 is 19.9 Å². The van der Waals surface area contributed by atoms with Crippen molar-refractivity contribution in [2.75, 3.05) is 6.54 Å². The van der Waals surface area contributed by atoms with Crippen LogP contribution in [0.15, 0.2) is 43.0 Å². The highest BCUT2D eigenvalue weighted by Crippen LogP contribution is 2.07. The molecule has 2 aromatic rings. The summed E-state index contributed by atoms with van der Waals surface area (Å²) in [4.78, 5) is 27.4. The van der Waals surface area contributed by atoms with Crippen molar-refractivity contribution in [3.63, 3.8) is 0 Å². The van der Waals surface area contributed by atoms with Crippen LogP contribution in [-0.4, -0.2) is 33.7 Å². The number of nitrogens with zero attached hydrogens (tertiary/aromatic N) is 2. The predicted molar refractivity (Wildman–Crippen MR) is 98.5 cm³/mol. The Morgan fingerprint density at radius 1 is 1.12 bits per heavy atom. The average molecular weight is 358 g/mol. The van der Waals surface area contributed by atoms with Gasteiger partial charge in [0.1, 0.15) is 5.60 Å². The Labute approximate surface area is 153 Å². The minimum atomic E-state index is -0.545. The number of carbonyl (C=O) groups excluding carboxylic acids is 2. The van der Waals surface area contributed by atoms with E-state index < -0.39 is 11.7 Å². The standard InChI is InChI=1S/C19H26N4O3/c1-19(2,3)26-18(25)21-9-8-17(24)22-12-15-4-6-16(7-5-15)13-23-11-10-20-14-23/h4-7,10-11,14H,8-9,12-13H2,1-3H3,(H,21,25)(H,22,24). The maximum Gasteiger partial charge on any atom is 0.407 e. The highest BCUT2D eigenvalue weighted by Gasteiger charge is 2.15. The maximum absolute atomic E-state index is 11.8. The molecule has 0 fully saturated rings. The van der Waals surface area contributed by atoms with Crippen LogP contribution in [0.2, 0.25) is 0 Å². The molecule has 2 N–H and O–H groups in total. The molecule has 0 saturated heterocycles. The van der Waals surface area contributed by atoms with Crippen molar-refractivity contribution in [3.05, 3.63) is 54.1 Å². The number of amides is 2. The summed E-state index contributed by atoms with van der Waals surface area (Å²) in [5.41, 5.74) is 1.64. The SMILES string of the molecule is CC(C)(C)OC(=O)NCCC(=O)NCc1ccc(Cn2ccnc2)cc1. The molecule has 0 radical (unpaired) electrons. The zero-order chi connectivity index (χ0) is 19.0. The molecule has 0 aliphatic carbocycles. The van der Waals surface area contributed by atoms with Gasteiger partial charge in [0, 0.05) is 38.4 Å². The van der Waals surface area contributed by atoms with Crippen LogP contribution in [0.4, 0.5) is 4.79 Å². The third kappa shape index (κ3) is 7.38. The molecule has 140 valence electrons. The molecule has 0 saturated carbocycles. The topological polar surface area (TPSA) is 85.2 Å². The first-order valence-corrected chi connectivity index (χ1v) is 8.59. The number of aromatic nitrogens is 2. The lowest BCUT2D eigenvalue weighted by atomic mass is 10.1. The summed E-state index contributed by atoms with van der Waals surface area (Å²) in [6, 6.07) is 8.05. The van der Waals surface area contributed by atoms with Crippen molar-refractivity contribution >= 4 is 12.0 Å². The molecule has 26 heavy (non-hydrogen) atoms. The van der Waals surface area contributed by atoms with E-state index in [1.807, 2.05) is 35.0 Å². The quantitative estimate of drug-likeness (QED) is 0.796. The van der Waals surface area contributed by atoms with Gasteiger partial charge in [-0.2, -0.15) is 0 Å². The molecular formula is C19H26N4O3. The predicted octanol–water partition coefficient (Wildman–Crippen LogP) is 2.46. The van der Waals surface area contributed by atoms with Crippen LogP contribution in [-0.2, 0) is 22.6 Å². The minimum Gasteiger partial charge on any atom is -0.444 e. The Morgan fingerprint density at radius 3 is 2.42 bits per heavy atom. The second-order valence-corrected chi connectivity index (χ2v) is 7.01. The summed E-state index contributed by atoms with van der Waals surface area (Å²) in [7, 11) is 0. The summed E-state index contributed by atoms with van der Waals surface area (Å²) in [6.45, 7) is 6.84. The zero-order valence-corrected chi connectivity index (χ0v) is 15.5. The van der Waals surface area contributed by atoms with Crippen molar-refractivity contribution in [1.29, 1.82) is 0 Å². The molecular weight excluding hydrogens is 332 g/mol. The van der Waals surface area contributed by atoms with Crippen LogP contribution >= 0.6 is 0 Å². The lowest BCUT2D eigenvalue weighted by Gasteiger charge is -2.19. The first-order valence-electron chi connectivity index (χ1n) is 8.59. The van der Waals surface area contributed by atoms with Crippen LogP contribution in [0.3, 0.4) is 0 Å². The third-order valence-corrected chi connectivity index (χ3v) is 3.46. The van der Waals surface area contributed by atoms with Gasteiger partial charge in [0.15, 0.2) is 0 Å². The lowest BCUT2D eigenvalue weighted by Crippen LogP contribution is -2.35. The Balaban J connectivity index is 1.66. The van der Waals surface area contributed by atoms with Gasteiger partial charge in [-0.1, -0.05) is 24.3 Å². The molecule has 0 atom stereocenters. The largest absolute Gasteiger partial charge is 0.444 e. The smallest absolute Gasteiger partial charge is 0.407 e. The molecule has 2 amide bonds. The number of carbonyl (C=O) groups is 2. The first-order chi connectivity index (χ1) is 12.3. The Kier molecular flexibility index (Phi) is 6.77. The van der Waals surface area contributed by atoms with Gasteiger partial charge in [0.05, 0.1) is 6.33 Å². The number of rotatable bonds is 7. The fourth-order valence-corrected chi connectivity index (χ4v) is 2.23. The van der Waals surface area contributed by atoms with Crippen LogP contribution < -0.4 is 10.6 Å². The molecule has 0 unspecified atom stereocenters. The number of nitrogens with one attached hydrogen (secondary N) is 2. The molecule has 0 aliphatic rings. The number of ether oxygens (including phenoxy) is 1. The van der Waals surface area contributed by atoms with Gasteiger partial charge in [-0.15, -0.1) is 0 Å². The molecule has 0 bridgehead atoms. The van der Waals surface area contributed by atoms with Gasteiger partial charge in [-0.25, -0.2) is 9.78 Å². The van der Waals surface area contributed by atoms with Gasteiger partial charge >= 0.3 is 6.09 Å². The van der Waals surface area contributed by atoms with Crippen LogP contribution in [0.5, 0.6) is 0 Å². The highest BCUT2D eigenvalue weighted by atomic mass is 16.6. The van der Waals surface area contributed by atoms with Crippen molar-refractivity contribution in [1.82, 2.24) is 20.2 Å². The van der Waals surface area contributed by atoms with E-state index in [4.69, 9.17) is 4.74 Å². The van der Waals surface area contributed by atoms with E-state index in [0.29, 0.717) is 6.54 Å². The highest BCUT2D eigenvalue weighted by molar-refractivity contribution is 5.77. The zero-order valence-electron chi connectivity index (χ0n) is 15.5. The second kappa shape index (κ2) is 9.03. The molecule has 1 aromatic carbocycles. The monoisotopic (exact) mass is 358 g/mol. The number of benzene rings is 1. The van der Waals surface area contributed by atoms with E-state index >= 15 is 0 Å². The molecule has 0 aliphatic heterocycles. The maximum atomic E-state index is 11.8. The Morgan fingerprint density at radius 2 is 1.81 bits per heavy atom. The molecule has 7 heteroatoms. The summed E-state index contributed by atoms with van der Waals surface area (Å²) in [5.74, 6) is -0.122. The Bertz CT molecular complexity index is 703. The third-order valence-electron chi connectivity index (χ3n) is 3.46. The number of hydrogen-bond acceptors (Lipinski definition) is 4. The van der Waals surface area contributed by atoms with Crippen LogP contribution in [0, 0.1) is 0 Å². The van der Waals surface area contributed by atoms with E-state index in [0.717, 1.165) is 12.1 Å². The Hall–Kier alpha value is -2.83. The van der Waals surface area contributed by atoms with Crippen LogP contribution in [0.25, 0.3) is 0 Å². The summed E-state index contributed by atoms with van der Waals surface area (Å²) in [5, 5.41) is 5.41. The first kappa shape index (κ1) is 19.5. The van der Waals surface area contributed by atoms with Gasteiger partial charge in [-0.3, -0.25) is 4.79 Å².